The van der Waals surface area contributed by atoms with E-state index in [2.05, 4.69) is 56.4 Å². The Morgan fingerprint density at radius 3 is 2.60 bits per heavy atom. The molecule has 0 heterocycles. The number of hydrogen-bond donors (Lipinski definition) is 1. The summed E-state index contributed by atoms with van der Waals surface area (Å²) in [4.78, 5) is 2.37. The number of rotatable bonds is 5. The van der Waals surface area contributed by atoms with Crippen molar-refractivity contribution in [1.29, 1.82) is 0 Å². The SMILES string of the molecule is Cc1cccc(Sc2c(Cl)cccc2CNC(C)C)c1. The highest BCUT2D eigenvalue weighted by Gasteiger charge is 2.09. The van der Waals surface area contributed by atoms with E-state index in [0.29, 0.717) is 6.04 Å². The maximum Gasteiger partial charge on any atom is 0.0548 e. The Morgan fingerprint density at radius 2 is 1.90 bits per heavy atom. The molecule has 0 amide bonds. The van der Waals surface area contributed by atoms with Gasteiger partial charge in [-0.1, -0.05) is 67.0 Å². The van der Waals surface area contributed by atoms with Gasteiger partial charge in [-0.3, -0.25) is 0 Å². The molecule has 0 aliphatic heterocycles. The highest BCUT2D eigenvalue weighted by molar-refractivity contribution is 7.99. The van der Waals surface area contributed by atoms with Crippen LogP contribution in [0.25, 0.3) is 0 Å². The summed E-state index contributed by atoms with van der Waals surface area (Å²) in [6, 6.07) is 15.1. The van der Waals surface area contributed by atoms with Crippen molar-refractivity contribution in [2.45, 2.75) is 43.1 Å². The van der Waals surface area contributed by atoms with Gasteiger partial charge in [0.05, 0.1) is 5.02 Å². The van der Waals surface area contributed by atoms with Gasteiger partial charge in [0.2, 0.25) is 0 Å². The summed E-state index contributed by atoms with van der Waals surface area (Å²) in [5.41, 5.74) is 2.52. The molecule has 106 valence electrons. The van der Waals surface area contributed by atoms with Crippen LogP contribution in [0.15, 0.2) is 52.3 Å². The zero-order chi connectivity index (χ0) is 14.5. The van der Waals surface area contributed by atoms with E-state index in [1.54, 1.807) is 11.8 Å². The third-order valence-electron chi connectivity index (χ3n) is 2.96. The van der Waals surface area contributed by atoms with Crippen molar-refractivity contribution in [3.63, 3.8) is 0 Å². The van der Waals surface area contributed by atoms with Gasteiger partial charge in [-0.15, -0.1) is 0 Å². The lowest BCUT2D eigenvalue weighted by atomic mass is 10.2. The number of aryl methyl sites for hydroxylation is 1. The first-order valence-corrected chi connectivity index (χ1v) is 8.01. The molecular weight excluding hydrogens is 286 g/mol. The molecule has 1 N–H and O–H groups in total. The van der Waals surface area contributed by atoms with Crippen molar-refractivity contribution in [3.05, 3.63) is 58.6 Å². The van der Waals surface area contributed by atoms with Crippen molar-refractivity contribution in [1.82, 2.24) is 5.32 Å². The molecule has 2 aromatic rings. The lowest BCUT2D eigenvalue weighted by molar-refractivity contribution is 0.585. The lowest BCUT2D eigenvalue weighted by Gasteiger charge is -2.14. The fraction of sp³-hybridized carbons (Fsp3) is 0.294. The van der Waals surface area contributed by atoms with Gasteiger partial charge < -0.3 is 5.32 Å². The van der Waals surface area contributed by atoms with Gasteiger partial charge in [-0.25, -0.2) is 0 Å². The smallest absolute Gasteiger partial charge is 0.0548 e. The first-order chi connectivity index (χ1) is 9.56. The normalized spacial score (nSPS) is 11.1. The fourth-order valence-electron chi connectivity index (χ4n) is 1.92. The van der Waals surface area contributed by atoms with E-state index < -0.39 is 0 Å². The van der Waals surface area contributed by atoms with Crippen LogP contribution in [0.5, 0.6) is 0 Å². The van der Waals surface area contributed by atoms with E-state index in [1.165, 1.54) is 16.0 Å². The zero-order valence-corrected chi connectivity index (χ0v) is 13.7. The molecule has 0 saturated heterocycles. The van der Waals surface area contributed by atoms with Crippen molar-refractivity contribution in [2.75, 3.05) is 0 Å². The topological polar surface area (TPSA) is 12.0 Å². The predicted octanol–water partition coefficient (Wildman–Crippen LogP) is 5.30. The van der Waals surface area contributed by atoms with E-state index in [9.17, 15) is 0 Å². The summed E-state index contributed by atoms with van der Waals surface area (Å²) in [5, 5.41) is 4.27. The van der Waals surface area contributed by atoms with Crippen LogP contribution in [0.3, 0.4) is 0 Å². The number of nitrogens with one attached hydrogen (secondary N) is 1. The van der Waals surface area contributed by atoms with Crippen LogP contribution in [0.4, 0.5) is 0 Å². The number of halogens is 1. The molecule has 0 spiro atoms. The standard InChI is InChI=1S/C17H20ClNS/c1-12(2)19-11-14-7-5-9-16(18)17(14)20-15-8-4-6-13(3)10-15/h4-10,12,19H,11H2,1-3H3. The Bertz CT molecular complexity index is 581. The Kier molecular flexibility index (Phi) is 5.53. The molecule has 20 heavy (non-hydrogen) atoms. The molecule has 3 heteroatoms. The molecule has 0 unspecified atom stereocenters. The Morgan fingerprint density at radius 1 is 1.15 bits per heavy atom. The van der Waals surface area contributed by atoms with Gasteiger partial charge in [0, 0.05) is 22.4 Å². The largest absolute Gasteiger partial charge is 0.310 e. The quantitative estimate of drug-likeness (QED) is 0.804. The van der Waals surface area contributed by atoms with Crippen LogP contribution in [0.1, 0.15) is 25.0 Å². The Balaban J connectivity index is 2.25. The van der Waals surface area contributed by atoms with E-state index in [4.69, 9.17) is 11.6 Å². The molecular formula is C17H20ClNS. The summed E-state index contributed by atoms with van der Waals surface area (Å²) in [7, 11) is 0. The monoisotopic (exact) mass is 305 g/mol. The summed E-state index contributed by atoms with van der Waals surface area (Å²) < 4.78 is 0. The second kappa shape index (κ2) is 7.16. The van der Waals surface area contributed by atoms with Gasteiger partial charge in [0.15, 0.2) is 0 Å². The summed E-state index contributed by atoms with van der Waals surface area (Å²) >= 11 is 8.12. The van der Waals surface area contributed by atoms with Crippen LogP contribution in [0, 0.1) is 6.92 Å². The predicted molar refractivity (Wildman–Crippen MR) is 88.7 cm³/mol. The van der Waals surface area contributed by atoms with Crippen molar-refractivity contribution < 1.29 is 0 Å². The van der Waals surface area contributed by atoms with Crippen LogP contribution < -0.4 is 5.32 Å². The molecule has 0 aromatic heterocycles. The molecule has 0 atom stereocenters. The highest BCUT2D eigenvalue weighted by atomic mass is 35.5. The minimum absolute atomic E-state index is 0.464. The van der Waals surface area contributed by atoms with Crippen molar-refractivity contribution in [2.24, 2.45) is 0 Å². The zero-order valence-electron chi connectivity index (χ0n) is 12.1. The minimum atomic E-state index is 0.464. The third kappa shape index (κ3) is 4.27. The first kappa shape index (κ1) is 15.4. The van der Waals surface area contributed by atoms with E-state index in [1.807, 2.05) is 12.1 Å². The van der Waals surface area contributed by atoms with Crippen LogP contribution in [0.2, 0.25) is 5.02 Å². The molecule has 0 aliphatic rings. The molecule has 2 aromatic carbocycles. The van der Waals surface area contributed by atoms with E-state index in [0.717, 1.165) is 16.5 Å². The van der Waals surface area contributed by atoms with E-state index in [-0.39, 0.29) is 0 Å². The maximum absolute atomic E-state index is 6.39. The molecule has 0 bridgehead atoms. The van der Waals surface area contributed by atoms with Gasteiger partial charge >= 0.3 is 0 Å². The second-order valence-corrected chi connectivity index (χ2v) is 6.67. The Hall–Kier alpha value is -0.960. The van der Waals surface area contributed by atoms with Gasteiger partial charge in [0.1, 0.15) is 0 Å². The van der Waals surface area contributed by atoms with E-state index >= 15 is 0 Å². The summed E-state index contributed by atoms with van der Waals surface area (Å²) in [5.74, 6) is 0. The first-order valence-electron chi connectivity index (χ1n) is 6.81. The average molecular weight is 306 g/mol. The van der Waals surface area contributed by atoms with Crippen molar-refractivity contribution in [3.8, 4) is 0 Å². The van der Waals surface area contributed by atoms with Gasteiger partial charge in [0.25, 0.3) is 0 Å². The molecule has 0 fully saturated rings. The molecule has 0 radical (unpaired) electrons. The average Bonchev–Trinajstić information content (AvgIpc) is 2.39. The minimum Gasteiger partial charge on any atom is -0.310 e. The second-order valence-electron chi connectivity index (χ2n) is 5.18. The van der Waals surface area contributed by atoms with Crippen LogP contribution in [-0.4, -0.2) is 6.04 Å². The van der Waals surface area contributed by atoms with Gasteiger partial charge in [-0.05, 0) is 30.7 Å². The molecule has 1 nitrogen and oxygen atoms in total. The summed E-state index contributed by atoms with van der Waals surface area (Å²) in [6.07, 6.45) is 0. The van der Waals surface area contributed by atoms with Gasteiger partial charge in [-0.2, -0.15) is 0 Å². The van der Waals surface area contributed by atoms with Crippen LogP contribution in [-0.2, 0) is 6.54 Å². The third-order valence-corrected chi connectivity index (χ3v) is 4.56. The molecule has 0 saturated carbocycles. The molecule has 0 aliphatic carbocycles. The molecule has 2 rings (SSSR count). The summed E-state index contributed by atoms with van der Waals surface area (Å²) in [6.45, 7) is 7.25. The fourth-order valence-corrected chi connectivity index (χ4v) is 3.29. The Labute approximate surface area is 130 Å². The maximum atomic E-state index is 6.39. The van der Waals surface area contributed by atoms with Crippen molar-refractivity contribution >= 4 is 23.4 Å². The highest BCUT2D eigenvalue weighted by Crippen LogP contribution is 2.36. The lowest BCUT2D eigenvalue weighted by Crippen LogP contribution is -2.22. The van der Waals surface area contributed by atoms with Crippen LogP contribution >= 0.6 is 23.4 Å². The number of benzene rings is 2. The number of hydrogen-bond acceptors (Lipinski definition) is 2.